The van der Waals surface area contributed by atoms with Gasteiger partial charge in [-0.2, -0.15) is 0 Å². The Bertz CT molecular complexity index is 788. The Morgan fingerprint density at radius 1 is 1.40 bits per heavy atom. The number of nitrogens with zero attached hydrogens (tertiary/aromatic N) is 3. The van der Waals surface area contributed by atoms with Crippen LogP contribution in [-0.4, -0.2) is 33.4 Å². The van der Waals surface area contributed by atoms with E-state index in [1.165, 1.54) is 17.3 Å². The fourth-order valence-corrected chi connectivity index (χ4v) is 2.59. The molecule has 0 atom stereocenters. The largest absolute Gasteiger partial charge is 0.491 e. The molecule has 3 N–H and O–H groups in total. The van der Waals surface area contributed by atoms with E-state index in [4.69, 9.17) is 22.1 Å². The summed E-state index contributed by atoms with van der Waals surface area (Å²) >= 11 is 6.02. The first-order valence-corrected chi connectivity index (χ1v) is 8.31. The Balaban J connectivity index is 1.69. The average Bonchev–Trinajstić information content (AvgIpc) is 2.95. The van der Waals surface area contributed by atoms with Gasteiger partial charge in [0.05, 0.1) is 18.5 Å². The van der Waals surface area contributed by atoms with Gasteiger partial charge in [-0.3, -0.25) is 9.59 Å². The number of carbonyl (C=O) groups excluding carboxylic acids is 2. The van der Waals surface area contributed by atoms with E-state index in [0.717, 1.165) is 12.8 Å². The molecule has 2 aromatic rings. The standard InChI is InChI=1S/C16H18ClN5O3/c17-11-4-5-14(25-9-10-2-1-3-10)12(6-11)19-16(24)13-7-22(21-20-13)8-15(18)23/h4-7,10H,1-3,8-9H2,(H2,18,23)(H,19,24). The van der Waals surface area contributed by atoms with Crippen LogP contribution >= 0.6 is 11.6 Å². The molecule has 0 spiro atoms. The molecular formula is C16H18ClN5O3. The molecular weight excluding hydrogens is 346 g/mol. The zero-order valence-electron chi connectivity index (χ0n) is 13.4. The van der Waals surface area contributed by atoms with Crippen molar-refractivity contribution < 1.29 is 14.3 Å². The maximum absolute atomic E-state index is 12.3. The van der Waals surface area contributed by atoms with Gasteiger partial charge in [-0.15, -0.1) is 5.10 Å². The van der Waals surface area contributed by atoms with Gasteiger partial charge in [-0.25, -0.2) is 4.68 Å². The van der Waals surface area contributed by atoms with Gasteiger partial charge in [-0.1, -0.05) is 23.2 Å². The zero-order valence-corrected chi connectivity index (χ0v) is 14.2. The third-order valence-electron chi connectivity index (χ3n) is 3.98. The van der Waals surface area contributed by atoms with E-state index in [1.54, 1.807) is 18.2 Å². The first-order valence-electron chi connectivity index (χ1n) is 7.93. The smallest absolute Gasteiger partial charge is 0.277 e. The fourth-order valence-electron chi connectivity index (χ4n) is 2.42. The highest BCUT2D eigenvalue weighted by Gasteiger charge is 2.19. The number of aromatic nitrogens is 3. The van der Waals surface area contributed by atoms with Gasteiger partial charge in [0.15, 0.2) is 5.69 Å². The quantitative estimate of drug-likeness (QED) is 0.779. The number of ether oxygens (including phenoxy) is 1. The molecule has 0 radical (unpaired) electrons. The number of nitrogens with two attached hydrogens (primary N) is 1. The number of hydrogen-bond acceptors (Lipinski definition) is 5. The molecule has 132 valence electrons. The Hall–Kier alpha value is -2.61. The van der Waals surface area contributed by atoms with Crippen LogP contribution in [0.4, 0.5) is 5.69 Å². The summed E-state index contributed by atoms with van der Waals surface area (Å²) in [5.74, 6) is 0.0620. The number of carbonyl (C=O) groups is 2. The number of nitrogens with one attached hydrogen (secondary N) is 1. The second-order valence-electron chi connectivity index (χ2n) is 5.97. The lowest BCUT2D eigenvalue weighted by atomic mass is 9.86. The summed E-state index contributed by atoms with van der Waals surface area (Å²) in [6.07, 6.45) is 4.91. The summed E-state index contributed by atoms with van der Waals surface area (Å²) in [5, 5.41) is 10.6. The van der Waals surface area contributed by atoms with E-state index in [2.05, 4.69) is 15.6 Å². The van der Waals surface area contributed by atoms with Crippen LogP contribution < -0.4 is 15.8 Å². The maximum Gasteiger partial charge on any atom is 0.277 e. The van der Waals surface area contributed by atoms with E-state index in [1.807, 2.05) is 0 Å². The van der Waals surface area contributed by atoms with Crippen LogP contribution in [0.3, 0.4) is 0 Å². The molecule has 2 amide bonds. The molecule has 0 unspecified atom stereocenters. The number of hydrogen-bond donors (Lipinski definition) is 2. The Morgan fingerprint density at radius 2 is 2.20 bits per heavy atom. The highest BCUT2D eigenvalue weighted by molar-refractivity contribution is 6.31. The van der Waals surface area contributed by atoms with Gasteiger partial charge < -0.3 is 15.8 Å². The summed E-state index contributed by atoms with van der Waals surface area (Å²) in [6, 6.07) is 5.04. The van der Waals surface area contributed by atoms with Crippen LogP contribution in [-0.2, 0) is 11.3 Å². The van der Waals surface area contributed by atoms with E-state index in [9.17, 15) is 9.59 Å². The van der Waals surface area contributed by atoms with Crippen molar-refractivity contribution in [2.45, 2.75) is 25.8 Å². The van der Waals surface area contributed by atoms with Gasteiger partial charge in [0, 0.05) is 5.02 Å². The van der Waals surface area contributed by atoms with Gasteiger partial charge in [-0.05, 0) is 37.0 Å². The maximum atomic E-state index is 12.3. The average molecular weight is 364 g/mol. The van der Waals surface area contributed by atoms with Crippen LogP contribution in [0.1, 0.15) is 29.8 Å². The molecule has 8 nitrogen and oxygen atoms in total. The molecule has 1 aliphatic carbocycles. The molecule has 1 aliphatic rings. The minimum atomic E-state index is -0.571. The third kappa shape index (κ3) is 4.48. The number of halogens is 1. The molecule has 1 saturated carbocycles. The molecule has 0 aliphatic heterocycles. The van der Waals surface area contributed by atoms with Crippen LogP contribution in [0.25, 0.3) is 0 Å². The molecule has 25 heavy (non-hydrogen) atoms. The zero-order chi connectivity index (χ0) is 17.8. The first-order chi connectivity index (χ1) is 12.0. The van der Waals surface area contributed by atoms with Crippen LogP contribution in [0.5, 0.6) is 5.75 Å². The molecule has 1 aromatic carbocycles. The number of rotatable bonds is 7. The predicted octanol–water partition coefficient (Wildman–Crippen LogP) is 1.85. The number of anilines is 1. The van der Waals surface area contributed by atoms with Gasteiger partial charge in [0.2, 0.25) is 5.91 Å². The minimum Gasteiger partial charge on any atom is -0.491 e. The Kier molecular flexibility index (Phi) is 5.18. The van der Waals surface area contributed by atoms with Crippen molar-refractivity contribution in [2.75, 3.05) is 11.9 Å². The summed E-state index contributed by atoms with van der Waals surface area (Å²) < 4.78 is 7.01. The fraction of sp³-hybridized carbons (Fsp3) is 0.375. The Morgan fingerprint density at radius 3 is 2.88 bits per heavy atom. The lowest BCUT2D eigenvalue weighted by Crippen LogP contribution is -2.20. The molecule has 3 rings (SSSR count). The molecule has 9 heteroatoms. The van der Waals surface area contributed by atoms with Gasteiger partial charge >= 0.3 is 0 Å². The molecule has 1 heterocycles. The lowest BCUT2D eigenvalue weighted by Gasteiger charge is -2.25. The second kappa shape index (κ2) is 7.52. The second-order valence-corrected chi connectivity index (χ2v) is 6.41. The van der Waals surface area contributed by atoms with Crippen molar-refractivity contribution in [1.29, 1.82) is 0 Å². The normalized spacial score (nSPS) is 14.0. The number of primary amides is 1. The monoisotopic (exact) mass is 363 g/mol. The first kappa shape index (κ1) is 17.2. The van der Waals surface area contributed by atoms with Crippen molar-refractivity contribution in [3.05, 3.63) is 35.1 Å². The summed E-state index contributed by atoms with van der Waals surface area (Å²) in [5.41, 5.74) is 5.61. The highest BCUT2D eigenvalue weighted by atomic mass is 35.5. The van der Waals surface area contributed by atoms with Gasteiger partial charge in [0.25, 0.3) is 5.91 Å². The summed E-state index contributed by atoms with van der Waals surface area (Å²) in [7, 11) is 0. The minimum absolute atomic E-state index is 0.0613. The Labute approximate surface area is 149 Å². The van der Waals surface area contributed by atoms with Crippen LogP contribution in [0, 0.1) is 5.92 Å². The van der Waals surface area contributed by atoms with Crippen molar-refractivity contribution >= 4 is 29.1 Å². The van der Waals surface area contributed by atoms with Gasteiger partial charge in [0.1, 0.15) is 12.3 Å². The third-order valence-corrected chi connectivity index (χ3v) is 4.21. The lowest BCUT2D eigenvalue weighted by molar-refractivity contribution is -0.118. The molecule has 1 fully saturated rings. The van der Waals surface area contributed by atoms with E-state index >= 15 is 0 Å². The van der Waals surface area contributed by atoms with E-state index < -0.39 is 11.8 Å². The topological polar surface area (TPSA) is 112 Å². The van der Waals surface area contributed by atoms with E-state index in [0.29, 0.717) is 29.0 Å². The number of benzene rings is 1. The number of amides is 2. The van der Waals surface area contributed by atoms with Crippen molar-refractivity contribution in [1.82, 2.24) is 15.0 Å². The van der Waals surface area contributed by atoms with Crippen molar-refractivity contribution in [3.63, 3.8) is 0 Å². The van der Waals surface area contributed by atoms with Crippen molar-refractivity contribution in [3.8, 4) is 5.75 Å². The highest BCUT2D eigenvalue weighted by Crippen LogP contribution is 2.31. The van der Waals surface area contributed by atoms with Crippen LogP contribution in [0.15, 0.2) is 24.4 Å². The molecule has 1 aromatic heterocycles. The molecule has 0 bridgehead atoms. The van der Waals surface area contributed by atoms with Crippen molar-refractivity contribution in [2.24, 2.45) is 11.7 Å². The van der Waals surface area contributed by atoms with E-state index in [-0.39, 0.29) is 12.2 Å². The summed E-state index contributed by atoms with van der Waals surface area (Å²) in [4.78, 5) is 23.2. The SMILES string of the molecule is NC(=O)Cn1cc(C(=O)Nc2cc(Cl)ccc2OCC2CCC2)nn1. The molecule has 0 saturated heterocycles. The summed E-state index contributed by atoms with van der Waals surface area (Å²) in [6.45, 7) is 0.465. The predicted molar refractivity (Wildman–Crippen MR) is 91.5 cm³/mol. The van der Waals surface area contributed by atoms with Crippen LogP contribution in [0.2, 0.25) is 5.02 Å².